The molecule has 31 heavy (non-hydrogen) atoms. The fraction of sp³-hybridized carbons (Fsp3) is 0.385. The fourth-order valence-electron chi connectivity index (χ4n) is 4.83. The average molecular weight is 418 g/mol. The van der Waals surface area contributed by atoms with E-state index in [1.807, 2.05) is 36.7 Å². The van der Waals surface area contributed by atoms with Crippen LogP contribution in [0.4, 0.5) is 0 Å². The summed E-state index contributed by atoms with van der Waals surface area (Å²) in [6.45, 7) is 5.05. The quantitative estimate of drug-likeness (QED) is 0.524. The largest absolute Gasteiger partial charge is 0.493 e. The molecule has 3 aromatic rings. The van der Waals surface area contributed by atoms with Crippen molar-refractivity contribution in [2.75, 3.05) is 14.2 Å². The Labute approximate surface area is 185 Å². The van der Waals surface area contributed by atoms with Gasteiger partial charge in [-0.1, -0.05) is 24.3 Å². The van der Waals surface area contributed by atoms with Crippen molar-refractivity contribution in [2.24, 2.45) is 0 Å². The van der Waals surface area contributed by atoms with Gasteiger partial charge in [-0.3, -0.25) is 14.9 Å². The molecule has 1 aromatic carbocycles. The highest BCUT2D eigenvalue weighted by molar-refractivity contribution is 5.46. The van der Waals surface area contributed by atoms with Gasteiger partial charge in [0.25, 0.3) is 0 Å². The van der Waals surface area contributed by atoms with E-state index in [9.17, 15) is 0 Å². The van der Waals surface area contributed by atoms with Crippen molar-refractivity contribution < 1.29 is 9.47 Å². The molecule has 3 heterocycles. The highest BCUT2D eigenvalue weighted by Crippen LogP contribution is 2.44. The third kappa shape index (κ3) is 4.28. The highest BCUT2D eigenvalue weighted by Gasteiger charge is 2.36. The average Bonchev–Trinajstić information content (AvgIpc) is 2.80. The third-order valence-electron chi connectivity index (χ3n) is 6.32. The molecule has 0 amide bonds. The van der Waals surface area contributed by atoms with Crippen molar-refractivity contribution in [3.05, 3.63) is 82.9 Å². The number of likely N-dealkylation sites (tertiary alicyclic amines) is 1. The summed E-state index contributed by atoms with van der Waals surface area (Å²) in [6.07, 6.45) is 7.11. The van der Waals surface area contributed by atoms with Gasteiger partial charge in [-0.25, -0.2) is 0 Å². The van der Waals surface area contributed by atoms with Gasteiger partial charge in [-0.15, -0.1) is 0 Å². The highest BCUT2D eigenvalue weighted by atomic mass is 16.5. The number of nitrogens with zero attached hydrogens (tertiary/aromatic N) is 3. The Hall–Kier alpha value is -2.92. The first-order valence-electron chi connectivity index (χ1n) is 10.9. The molecule has 0 aliphatic carbocycles. The maximum atomic E-state index is 5.76. The summed E-state index contributed by atoms with van der Waals surface area (Å²) in [5.74, 6) is 1.55. The number of hydrogen-bond donors (Lipinski definition) is 0. The Kier molecular flexibility index (Phi) is 6.52. The maximum Gasteiger partial charge on any atom is 0.165 e. The van der Waals surface area contributed by atoms with Crippen LogP contribution in [-0.4, -0.2) is 29.1 Å². The van der Waals surface area contributed by atoms with Crippen LogP contribution < -0.4 is 9.47 Å². The van der Waals surface area contributed by atoms with Crippen LogP contribution in [-0.2, 0) is 6.54 Å². The molecule has 1 aliphatic rings. The van der Waals surface area contributed by atoms with Crippen LogP contribution in [0.25, 0.3) is 0 Å². The summed E-state index contributed by atoms with van der Waals surface area (Å²) in [7, 11) is 3.39. The molecule has 2 aromatic heterocycles. The van der Waals surface area contributed by atoms with Gasteiger partial charge in [0.05, 0.1) is 37.7 Å². The van der Waals surface area contributed by atoms with Crippen molar-refractivity contribution >= 4 is 0 Å². The van der Waals surface area contributed by atoms with Gasteiger partial charge in [-0.05, 0) is 62.4 Å². The zero-order valence-electron chi connectivity index (χ0n) is 18.8. The Balaban J connectivity index is 1.80. The predicted molar refractivity (Wildman–Crippen MR) is 122 cm³/mol. The van der Waals surface area contributed by atoms with Gasteiger partial charge in [0.1, 0.15) is 0 Å². The molecule has 0 saturated carbocycles. The van der Waals surface area contributed by atoms with Crippen molar-refractivity contribution in [1.82, 2.24) is 14.9 Å². The number of ether oxygens (including phenoxy) is 2. The lowest BCUT2D eigenvalue weighted by atomic mass is 9.88. The molecule has 1 saturated heterocycles. The molecule has 2 unspecified atom stereocenters. The molecule has 4 rings (SSSR count). The predicted octanol–water partition coefficient (Wildman–Crippen LogP) is 5.58. The number of aromatic nitrogens is 2. The minimum Gasteiger partial charge on any atom is -0.493 e. The first-order chi connectivity index (χ1) is 15.1. The van der Waals surface area contributed by atoms with Crippen molar-refractivity contribution in [1.29, 1.82) is 0 Å². The number of para-hydroxylation sites is 1. The molecule has 1 fully saturated rings. The molecular formula is C26H31N3O2. The number of methoxy groups -OCH3 is 2. The Morgan fingerprint density at radius 2 is 1.45 bits per heavy atom. The Morgan fingerprint density at radius 3 is 1.97 bits per heavy atom. The van der Waals surface area contributed by atoms with E-state index >= 15 is 0 Å². The second-order valence-electron chi connectivity index (χ2n) is 8.20. The second-order valence-corrected chi connectivity index (χ2v) is 8.20. The lowest BCUT2D eigenvalue weighted by Gasteiger charge is -2.42. The topological polar surface area (TPSA) is 47.5 Å². The lowest BCUT2D eigenvalue weighted by molar-refractivity contribution is 0.0669. The van der Waals surface area contributed by atoms with E-state index in [1.165, 1.54) is 11.1 Å². The number of rotatable bonds is 6. The van der Waals surface area contributed by atoms with Gasteiger partial charge < -0.3 is 9.47 Å². The molecule has 0 bridgehead atoms. The van der Waals surface area contributed by atoms with Crippen LogP contribution in [0.15, 0.2) is 54.9 Å². The molecule has 0 spiro atoms. The Bertz CT molecular complexity index is 983. The molecular weight excluding hydrogens is 386 g/mol. The second kappa shape index (κ2) is 9.48. The molecule has 2 atom stereocenters. The standard InChI is InChI=1S/C26H31N3O2/c1-18-9-7-15-27-24(18)21-12-6-13-22(25-19(2)10-8-16-28-25)29(21)17-20-11-5-14-23(30-3)26(20)31-4/h5,7-11,14-16,21-22H,6,12-13,17H2,1-4H3. The number of hydrogen-bond acceptors (Lipinski definition) is 5. The van der Waals surface area contributed by atoms with Crippen molar-refractivity contribution in [2.45, 2.75) is 51.7 Å². The third-order valence-corrected chi connectivity index (χ3v) is 6.32. The number of piperidine rings is 1. The van der Waals surface area contributed by atoms with Crippen LogP contribution in [0.3, 0.4) is 0 Å². The van der Waals surface area contributed by atoms with E-state index in [4.69, 9.17) is 19.4 Å². The van der Waals surface area contributed by atoms with E-state index in [0.717, 1.165) is 54.3 Å². The summed E-state index contributed by atoms with van der Waals surface area (Å²) in [6, 6.07) is 14.9. The van der Waals surface area contributed by atoms with Gasteiger partial charge in [0.2, 0.25) is 0 Å². The van der Waals surface area contributed by atoms with E-state index in [-0.39, 0.29) is 12.1 Å². The number of aryl methyl sites for hydroxylation is 2. The maximum absolute atomic E-state index is 5.76. The summed E-state index contributed by atoms with van der Waals surface area (Å²) in [5, 5.41) is 0. The molecule has 1 aliphatic heterocycles. The van der Waals surface area contributed by atoms with Crippen molar-refractivity contribution in [3.63, 3.8) is 0 Å². The smallest absolute Gasteiger partial charge is 0.165 e. The molecule has 162 valence electrons. The first kappa shape index (κ1) is 21.3. The number of pyridine rings is 2. The van der Waals surface area contributed by atoms with Crippen LogP contribution in [0.1, 0.15) is 59.4 Å². The fourth-order valence-corrected chi connectivity index (χ4v) is 4.83. The minimum atomic E-state index is 0.220. The van der Waals surface area contributed by atoms with E-state index < -0.39 is 0 Å². The zero-order valence-corrected chi connectivity index (χ0v) is 18.8. The van der Waals surface area contributed by atoms with E-state index in [2.05, 4.69) is 36.9 Å². The van der Waals surface area contributed by atoms with Crippen LogP contribution >= 0.6 is 0 Å². The normalized spacial score (nSPS) is 19.2. The van der Waals surface area contributed by atoms with Gasteiger partial charge in [0.15, 0.2) is 11.5 Å². The molecule has 0 radical (unpaired) electrons. The monoisotopic (exact) mass is 417 g/mol. The van der Waals surface area contributed by atoms with Crippen molar-refractivity contribution in [3.8, 4) is 11.5 Å². The van der Waals surface area contributed by atoms with E-state index in [1.54, 1.807) is 14.2 Å². The molecule has 0 N–H and O–H groups in total. The molecule has 5 nitrogen and oxygen atoms in total. The van der Waals surface area contributed by atoms with Crippen LogP contribution in [0.2, 0.25) is 0 Å². The van der Waals surface area contributed by atoms with Crippen LogP contribution in [0, 0.1) is 13.8 Å². The van der Waals surface area contributed by atoms with E-state index in [0.29, 0.717) is 0 Å². The SMILES string of the molecule is COc1cccc(CN2C(c3ncccc3C)CCCC2c2ncccc2C)c1OC. The van der Waals surface area contributed by atoms with Crippen LogP contribution in [0.5, 0.6) is 11.5 Å². The summed E-state index contributed by atoms with van der Waals surface area (Å²) >= 11 is 0. The molecule has 5 heteroatoms. The Morgan fingerprint density at radius 1 is 0.839 bits per heavy atom. The number of benzene rings is 1. The summed E-state index contributed by atoms with van der Waals surface area (Å²) < 4.78 is 11.3. The first-order valence-corrected chi connectivity index (χ1v) is 10.9. The summed E-state index contributed by atoms with van der Waals surface area (Å²) in [5.41, 5.74) is 5.88. The van der Waals surface area contributed by atoms with Gasteiger partial charge >= 0.3 is 0 Å². The van der Waals surface area contributed by atoms with Gasteiger partial charge in [0, 0.05) is 24.5 Å². The zero-order chi connectivity index (χ0) is 21.8. The minimum absolute atomic E-state index is 0.220. The van der Waals surface area contributed by atoms with Gasteiger partial charge in [-0.2, -0.15) is 0 Å². The lowest BCUT2D eigenvalue weighted by Crippen LogP contribution is -2.37. The summed E-state index contributed by atoms with van der Waals surface area (Å²) in [4.78, 5) is 12.2.